The SMILES string of the molecule is Cc1cccc(C)c1-c1cc2nc(n1)NSc1cccc(c1)C(=O)NCCO2. The highest BCUT2D eigenvalue weighted by Crippen LogP contribution is 2.30. The largest absolute Gasteiger partial charge is 0.476 e. The monoisotopic (exact) mass is 392 g/mol. The van der Waals surface area contributed by atoms with Crippen LogP contribution in [0.5, 0.6) is 5.88 Å². The second kappa shape index (κ2) is 7.90. The third kappa shape index (κ3) is 3.94. The van der Waals surface area contributed by atoms with Crippen molar-refractivity contribution in [3.63, 3.8) is 0 Å². The third-order valence-electron chi connectivity index (χ3n) is 4.43. The highest BCUT2D eigenvalue weighted by atomic mass is 32.2. The highest BCUT2D eigenvalue weighted by Gasteiger charge is 2.14. The minimum atomic E-state index is -0.126. The van der Waals surface area contributed by atoms with Crippen molar-refractivity contribution in [1.82, 2.24) is 15.3 Å². The van der Waals surface area contributed by atoms with E-state index in [1.54, 1.807) is 6.07 Å². The Morgan fingerprint density at radius 1 is 1.04 bits per heavy atom. The predicted octanol–water partition coefficient (Wildman–Crippen LogP) is 4.00. The summed E-state index contributed by atoms with van der Waals surface area (Å²) in [5, 5.41) is 2.87. The van der Waals surface area contributed by atoms with Crippen LogP contribution in [-0.4, -0.2) is 29.0 Å². The van der Waals surface area contributed by atoms with Crippen molar-refractivity contribution >= 4 is 23.8 Å². The minimum absolute atomic E-state index is 0.126. The molecule has 1 amide bonds. The van der Waals surface area contributed by atoms with Crippen molar-refractivity contribution in [3.8, 4) is 17.1 Å². The molecule has 0 spiro atoms. The molecule has 2 heterocycles. The van der Waals surface area contributed by atoms with E-state index < -0.39 is 0 Å². The van der Waals surface area contributed by atoms with Crippen LogP contribution in [-0.2, 0) is 0 Å². The number of fused-ring (bicyclic) bond motifs is 4. The van der Waals surface area contributed by atoms with E-state index in [0.29, 0.717) is 30.5 Å². The first-order valence-electron chi connectivity index (χ1n) is 9.00. The van der Waals surface area contributed by atoms with Gasteiger partial charge < -0.3 is 10.1 Å². The lowest BCUT2D eigenvalue weighted by atomic mass is 10.00. The van der Waals surface area contributed by atoms with Crippen LogP contribution in [0, 0.1) is 13.8 Å². The molecule has 4 rings (SSSR count). The molecule has 7 heteroatoms. The van der Waals surface area contributed by atoms with Gasteiger partial charge in [-0.05, 0) is 55.1 Å². The van der Waals surface area contributed by atoms with Crippen molar-refractivity contribution in [2.45, 2.75) is 18.7 Å². The molecule has 6 nitrogen and oxygen atoms in total. The van der Waals surface area contributed by atoms with Crippen molar-refractivity contribution in [1.29, 1.82) is 0 Å². The van der Waals surface area contributed by atoms with Gasteiger partial charge in [-0.25, -0.2) is 4.98 Å². The Morgan fingerprint density at radius 3 is 2.64 bits per heavy atom. The number of carbonyl (C=O) groups is 1. The minimum Gasteiger partial charge on any atom is -0.476 e. The summed E-state index contributed by atoms with van der Waals surface area (Å²) in [6, 6.07) is 15.4. The number of benzene rings is 2. The van der Waals surface area contributed by atoms with E-state index in [1.165, 1.54) is 11.9 Å². The van der Waals surface area contributed by atoms with Crippen molar-refractivity contribution < 1.29 is 9.53 Å². The normalized spacial score (nSPS) is 13.9. The zero-order chi connectivity index (χ0) is 19.5. The summed E-state index contributed by atoms with van der Waals surface area (Å²) in [6.45, 7) is 4.84. The molecule has 3 aromatic rings. The topological polar surface area (TPSA) is 76.1 Å². The number of carbonyl (C=O) groups excluding carboxylic acids is 1. The summed E-state index contributed by atoms with van der Waals surface area (Å²) in [5.41, 5.74) is 4.76. The molecule has 28 heavy (non-hydrogen) atoms. The van der Waals surface area contributed by atoms with Gasteiger partial charge in [0.1, 0.15) is 6.61 Å². The lowest BCUT2D eigenvalue weighted by Gasteiger charge is -2.13. The van der Waals surface area contributed by atoms with Crippen molar-refractivity contribution in [2.75, 3.05) is 17.9 Å². The fraction of sp³-hybridized carbons (Fsp3) is 0.190. The van der Waals surface area contributed by atoms with Crippen LogP contribution in [0.4, 0.5) is 5.95 Å². The number of rotatable bonds is 1. The summed E-state index contributed by atoms with van der Waals surface area (Å²) in [4.78, 5) is 22.3. The van der Waals surface area contributed by atoms with E-state index in [4.69, 9.17) is 9.72 Å². The van der Waals surface area contributed by atoms with Crippen LogP contribution in [0.1, 0.15) is 21.5 Å². The van der Waals surface area contributed by atoms with E-state index in [9.17, 15) is 4.79 Å². The Hall–Kier alpha value is -3.06. The maximum Gasteiger partial charge on any atom is 0.251 e. The molecule has 0 atom stereocenters. The number of amides is 1. The smallest absolute Gasteiger partial charge is 0.251 e. The van der Waals surface area contributed by atoms with E-state index in [2.05, 4.69) is 41.0 Å². The van der Waals surface area contributed by atoms with Gasteiger partial charge in [-0.1, -0.05) is 24.3 Å². The van der Waals surface area contributed by atoms with Crippen LogP contribution in [0.15, 0.2) is 53.4 Å². The molecular weight excluding hydrogens is 372 g/mol. The Bertz CT molecular complexity index is 1020. The molecule has 0 saturated heterocycles. The number of hydrogen-bond acceptors (Lipinski definition) is 6. The molecule has 0 radical (unpaired) electrons. The second-order valence-electron chi connectivity index (χ2n) is 6.52. The summed E-state index contributed by atoms with van der Waals surface area (Å²) < 4.78 is 8.97. The molecule has 0 fully saturated rings. The van der Waals surface area contributed by atoms with Gasteiger partial charge in [0.25, 0.3) is 5.91 Å². The zero-order valence-corrected chi connectivity index (χ0v) is 16.5. The van der Waals surface area contributed by atoms with Crippen molar-refractivity contribution in [2.24, 2.45) is 0 Å². The fourth-order valence-corrected chi connectivity index (χ4v) is 3.75. The number of ether oxygens (including phenoxy) is 1. The van der Waals surface area contributed by atoms with Crippen LogP contribution < -0.4 is 14.8 Å². The lowest BCUT2D eigenvalue weighted by molar-refractivity contribution is 0.0946. The first-order chi connectivity index (χ1) is 13.6. The summed E-state index contributed by atoms with van der Waals surface area (Å²) in [6.07, 6.45) is 0. The Kier molecular flexibility index (Phi) is 5.16. The first kappa shape index (κ1) is 18.3. The highest BCUT2D eigenvalue weighted by molar-refractivity contribution is 8.00. The average Bonchev–Trinajstić information content (AvgIpc) is 2.69. The van der Waals surface area contributed by atoms with Crippen LogP contribution in [0.3, 0.4) is 0 Å². The number of hydrogen-bond donors (Lipinski definition) is 2. The molecular formula is C21H20N4O2S. The summed E-state index contributed by atoms with van der Waals surface area (Å²) in [5.74, 6) is 0.805. The predicted molar refractivity (Wildman–Crippen MR) is 111 cm³/mol. The molecule has 4 bridgehead atoms. The molecule has 2 aromatic carbocycles. The third-order valence-corrected chi connectivity index (χ3v) is 5.21. The van der Waals surface area contributed by atoms with E-state index in [-0.39, 0.29) is 5.91 Å². The molecule has 2 N–H and O–H groups in total. The molecule has 142 valence electrons. The molecule has 0 saturated carbocycles. The Balaban J connectivity index is 1.73. The molecule has 1 aromatic heterocycles. The number of anilines is 1. The van der Waals surface area contributed by atoms with Crippen LogP contribution in [0.2, 0.25) is 0 Å². The van der Waals surface area contributed by atoms with E-state index in [0.717, 1.165) is 27.3 Å². The lowest BCUT2D eigenvalue weighted by Crippen LogP contribution is -2.28. The van der Waals surface area contributed by atoms with Gasteiger partial charge in [0.05, 0.1) is 12.2 Å². The van der Waals surface area contributed by atoms with Gasteiger partial charge in [0.15, 0.2) is 0 Å². The van der Waals surface area contributed by atoms with Gasteiger partial charge in [-0.2, -0.15) is 4.98 Å². The molecule has 0 aliphatic carbocycles. The Labute approximate surface area is 167 Å². The first-order valence-corrected chi connectivity index (χ1v) is 9.81. The van der Waals surface area contributed by atoms with Gasteiger partial charge in [-0.15, -0.1) is 0 Å². The zero-order valence-electron chi connectivity index (χ0n) is 15.7. The number of nitrogens with one attached hydrogen (secondary N) is 2. The summed E-state index contributed by atoms with van der Waals surface area (Å²) in [7, 11) is 0. The molecule has 1 aliphatic heterocycles. The van der Waals surface area contributed by atoms with Gasteiger partial charge in [0, 0.05) is 22.1 Å². The maximum atomic E-state index is 12.3. The molecule has 0 unspecified atom stereocenters. The number of nitrogens with zero attached hydrogens (tertiary/aromatic N) is 2. The average molecular weight is 392 g/mol. The van der Waals surface area contributed by atoms with E-state index >= 15 is 0 Å². The fourth-order valence-electron chi connectivity index (χ4n) is 3.12. The van der Waals surface area contributed by atoms with Crippen LogP contribution in [0.25, 0.3) is 11.3 Å². The van der Waals surface area contributed by atoms with E-state index in [1.807, 2.05) is 30.3 Å². The van der Waals surface area contributed by atoms with Gasteiger partial charge in [-0.3, -0.25) is 9.52 Å². The summed E-state index contributed by atoms with van der Waals surface area (Å²) >= 11 is 1.36. The number of aromatic nitrogens is 2. The standard InChI is InChI=1S/C21H20N4O2S/c1-13-5-3-6-14(2)19(13)17-12-18-24-21(23-17)25-28-16-8-4-7-15(11-16)20(26)22-9-10-27-18/h3-8,11-12H,9-10H2,1-2H3,(H,22,26)(H,23,24,25). The maximum absolute atomic E-state index is 12.3. The van der Waals surface area contributed by atoms with Crippen LogP contribution >= 0.6 is 11.9 Å². The Morgan fingerprint density at radius 2 is 1.82 bits per heavy atom. The van der Waals surface area contributed by atoms with Crippen molar-refractivity contribution in [3.05, 3.63) is 65.2 Å². The second-order valence-corrected chi connectivity index (χ2v) is 7.40. The van der Waals surface area contributed by atoms with Gasteiger partial charge >= 0.3 is 0 Å². The molecule has 1 aliphatic rings. The van der Waals surface area contributed by atoms with Gasteiger partial charge in [0.2, 0.25) is 11.8 Å². The number of aryl methyl sites for hydroxylation is 2. The quantitative estimate of drug-likeness (QED) is 0.610.